The number of amides is 1. The fourth-order valence-corrected chi connectivity index (χ4v) is 2.92. The van der Waals surface area contributed by atoms with Crippen molar-refractivity contribution in [1.82, 2.24) is 4.90 Å². The SMILES string of the molecule is CC1CCN(CC(=O)N(CCC#N)c2cccc(Cl)c2)CC1O. The number of aliphatic hydroxyl groups is 1. The summed E-state index contributed by atoms with van der Waals surface area (Å²) in [4.78, 5) is 16.2. The zero-order valence-electron chi connectivity index (χ0n) is 13.3. The Bertz CT molecular complexity index is 587. The number of aliphatic hydroxyl groups excluding tert-OH is 1. The minimum Gasteiger partial charge on any atom is -0.392 e. The highest BCUT2D eigenvalue weighted by molar-refractivity contribution is 6.30. The molecule has 1 aliphatic heterocycles. The average molecular weight is 336 g/mol. The lowest BCUT2D eigenvalue weighted by molar-refractivity contribution is -0.120. The first kappa shape index (κ1) is 17.7. The van der Waals surface area contributed by atoms with E-state index in [9.17, 15) is 9.90 Å². The van der Waals surface area contributed by atoms with Crippen LogP contribution in [0.4, 0.5) is 5.69 Å². The zero-order chi connectivity index (χ0) is 16.8. The van der Waals surface area contributed by atoms with E-state index in [1.54, 1.807) is 23.1 Å². The number of carbonyl (C=O) groups is 1. The summed E-state index contributed by atoms with van der Waals surface area (Å²) in [5.41, 5.74) is 0.698. The van der Waals surface area contributed by atoms with Crippen molar-refractivity contribution in [3.8, 4) is 6.07 Å². The van der Waals surface area contributed by atoms with Gasteiger partial charge in [0.05, 0.1) is 25.1 Å². The third kappa shape index (κ3) is 4.93. The molecule has 1 aliphatic rings. The van der Waals surface area contributed by atoms with Crippen molar-refractivity contribution in [2.75, 3.05) is 31.1 Å². The van der Waals surface area contributed by atoms with Crippen molar-refractivity contribution >= 4 is 23.2 Å². The Morgan fingerprint density at radius 1 is 1.57 bits per heavy atom. The van der Waals surface area contributed by atoms with Crippen LogP contribution in [0.3, 0.4) is 0 Å². The first-order chi connectivity index (χ1) is 11.0. The summed E-state index contributed by atoms with van der Waals surface area (Å²) in [5.74, 6) is 0.188. The van der Waals surface area contributed by atoms with Crippen LogP contribution >= 0.6 is 11.6 Å². The Morgan fingerprint density at radius 2 is 2.35 bits per heavy atom. The maximum atomic E-state index is 12.7. The highest BCUT2D eigenvalue weighted by atomic mass is 35.5. The summed E-state index contributed by atoms with van der Waals surface area (Å²) in [6.07, 6.45) is 0.747. The predicted molar refractivity (Wildman–Crippen MR) is 90.3 cm³/mol. The van der Waals surface area contributed by atoms with Gasteiger partial charge in [0.15, 0.2) is 0 Å². The van der Waals surface area contributed by atoms with Crippen molar-refractivity contribution in [2.45, 2.75) is 25.9 Å². The molecule has 2 atom stereocenters. The Kier molecular flexibility index (Phi) is 6.40. The van der Waals surface area contributed by atoms with Gasteiger partial charge in [-0.15, -0.1) is 0 Å². The normalized spacial score (nSPS) is 21.7. The van der Waals surface area contributed by atoms with Gasteiger partial charge in [-0.05, 0) is 37.1 Å². The molecule has 1 amide bonds. The van der Waals surface area contributed by atoms with Crippen molar-refractivity contribution in [2.24, 2.45) is 5.92 Å². The summed E-state index contributed by atoms with van der Waals surface area (Å²) in [7, 11) is 0. The van der Waals surface area contributed by atoms with Gasteiger partial charge in [0.1, 0.15) is 0 Å². The molecule has 1 N–H and O–H groups in total. The third-order valence-corrected chi connectivity index (χ3v) is 4.46. The van der Waals surface area contributed by atoms with Crippen LogP contribution in [0.25, 0.3) is 0 Å². The number of nitrogens with zero attached hydrogens (tertiary/aromatic N) is 3. The van der Waals surface area contributed by atoms with E-state index < -0.39 is 6.10 Å². The summed E-state index contributed by atoms with van der Waals surface area (Å²) in [6.45, 7) is 3.90. The molecule has 1 heterocycles. The molecule has 1 saturated heterocycles. The second kappa shape index (κ2) is 8.30. The number of β-amino-alcohol motifs (C(OH)–C–C–N with tert-alkyl or cyclic N) is 1. The van der Waals surface area contributed by atoms with E-state index in [1.807, 2.05) is 17.9 Å². The molecule has 0 bridgehead atoms. The van der Waals surface area contributed by atoms with E-state index >= 15 is 0 Å². The van der Waals surface area contributed by atoms with Crippen LogP contribution in [0.5, 0.6) is 0 Å². The second-order valence-corrected chi connectivity index (χ2v) is 6.44. The molecule has 0 saturated carbocycles. The van der Waals surface area contributed by atoms with Gasteiger partial charge in [0, 0.05) is 23.8 Å². The molecule has 0 aromatic heterocycles. The van der Waals surface area contributed by atoms with E-state index in [1.165, 1.54) is 0 Å². The molecule has 2 rings (SSSR count). The van der Waals surface area contributed by atoms with Crippen molar-refractivity contribution in [3.05, 3.63) is 29.3 Å². The molecule has 5 nitrogen and oxygen atoms in total. The van der Waals surface area contributed by atoms with Gasteiger partial charge in [-0.1, -0.05) is 24.6 Å². The lowest BCUT2D eigenvalue weighted by atomic mass is 9.96. The van der Waals surface area contributed by atoms with Crippen molar-refractivity contribution in [1.29, 1.82) is 5.26 Å². The maximum absolute atomic E-state index is 12.7. The van der Waals surface area contributed by atoms with Gasteiger partial charge in [-0.25, -0.2) is 0 Å². The molecule has 124 valence electrons. The smallest absolute Gasteiger partial charge is 0.241 e. The van der Waals surface area contributed by atoms with Crippen LogP contribution in [0.15, 0.2) is 24.3 Å². The van der Waals surface area contributed by atoms with Crippen molar-refractivity contribution < 1.29 is 9.90 Å². The largest absolute Gasteiger partial charge is 0.392 e. The lowest BCUT2D eigenvalue weighted by Crippen LogP contribution is -2.48. The first-order valence-corrected chi connectivity index (χ1v) is 8.22. The first-order valence-electron chi connectivity index (χ1n) is 7.84. The Balaban J connectivity index is 2.06. The fraction of sp³-hybridized carbons (Fsp3) is 0.529. The minimum atomic E-state index is -0.393. The highest BCUT2D eigenvalue weighted by Gasteiger charge is 2.27. The molecule has 23 heavy (non-hydrogen) atoms. The van der Waals surface area contributed by atoms with Gasteiger partial charge in [0.25, 0.3) is 0 Å². The number of hydrogen-bond donors (Lipinski definition) is 1. The number of rotatable bonds is 5. The maximum Gasteiger partial charge on any atom is 0.241 e. The molecule has 1 fully saturated rings. The number of nitriles is 1. The second-order valence-electron chi connectivity index (χ2n) is 6.00. The Hall–Kier alpha value is -1.61. The van der Waals surface area contributed by atoms with Gasteiger partial charge >= 0.3 is 0 Å². The zero-order valence-corrected chi connectivity index (χ0v) is 14.0. The standard InChI is InChI=1S/C17H22ClN3O2/c1-13-6-9-20(11-16(13)22)12-17(23)21(8-3-7-19)15-5-2-4-14(18)10-15/h2,4-5,10,13,16,22H,3,6,8-9,11-12H2,1H3. The quantitative estimate of drug-likeness (QED) is 0.896. The van der Waals surface area contributed by atoms with Crippen LogP contribution in [-0.4, -0.2) is 48.2 Å². The summed E-state index contributed by atoms with van der Waals surface area (Å²) in [5, 5.41) is 19.3. The van der Waals surface area contributed by atoms with E-state index in [0.29, 0.717) is 23.8 Å². The fourth-order valence-electron chi connectivity index (χ4n) is 2.74. The summed E-state index contributed by atoms with van der Waals surface area (Å²) < 4.78 is 0. The third-order valence-electron chi connectivity index (χ3n) is 4.23. The summed E-state index contributed by atoms with van der Waals surface area (Å²) >= 11 is 6.01. The Morgan fingerprint density at radius 3 is 3.00 bits per heavy atom. The van der Waals surface area contributed by atoms with E-state index in [0.717, 1.165) is 13.0 Å². The van der Waals surface area contributed by atoms with Gasteiger partial charge in [-0.2, -0.15) is 5.26 Å². The van der Waals surface area contributed by atoms with Gasteiger partial charge in [0.2, 0.25) is 5.91 Å². The molecule has 6 heteroatoms. The molecule has 1 aromatic rings. The number of carbonyl (C=O) groups excluding carboxylic acids is 1. The highest BCUT2D eigenvalue weighted by Crippen LogP contribution is 2.21. The summed E-state index contributed by atoms with van der Waals surface area (Å²) in [6, 6.07) is 9.15. The number of anilines is 1. The molecular weight excluding hydrogens is 314 g/mol. The molecule has 1 aromatic carbocycles. The minimum absolute atomic E-state index is 0.0794. The molecule has 2 unspecified atom stereocenters. The van der Waals surface area contributed by atoms with E-state index in [4.69, 9.17) is 16.9 Å². The van der Waals surface area contributed by atoms with Crippen LogP contribution in [-0.2, 0) is 4.79 Å². The van der Waals surface area contributed by atoms with Crippen molar-refractivity contribution in [3.63, 3.8) is 0 Å². The molecule has 0 spiro atoms. The molecule has 0 radical (unpaired) electrons. The average Bonchev–Trinajstić information content (AvgIpc) is 2.51. The topological polar surface area (TPSA) is 67.6 Å². The van der Waals surface area contributed by atoms with Gasteiger partial charge < -0.3 is 10.0 Å². The van der Waals surface area contributed by atoms with Crippen LogP contribution in [0, 0.1) is 17.2 Å². The van der Waals surface area contributed by atoms with Crippen LogP contribution in [0.2, 0.25) is 5.02 Å². The number of hydrogen-bond acceptors (Lipinski definition) is 4. The van der Waals surface area contributed by atoms with E-state index in [-0.39, 0.29) is 24.8 Å². The van der Waals surface area contributed by atoms with Crippen LogP contribution < -0.4 is 4.90 Å². The Labute approximate surface area is 142 Å². The van der Waals surface area contributed by atoms with Crippen LogP contribution in [0.1, 0.15) is 19.8 Å². The molecule has 0 aliphatic carbocycles. The lowest BCUT2D eigenvalue weighted by Gasteiger charge is -2.35. The number of likely N-dealkylation sites (tertiary alicyclic amines) is 1. The van der Waals surface area contributed by atoms with E-state index in [2.05, 4.69) is 6.07 Å². The number of benzene rings is 1. The van der Waals surface area contributed by atoms with Gasteiger partial charge in [-0.3, -0.25) is 9.69 Å². The number of halogens is 1. The molecular formula is C17H22ClN3O2. The predicted octanol–water partition coefficient (Wildman–Crippen LogP) is 2.29. The monoisotopic (exact) mass is 335 g/mol. The number of piperidine rings is 1.